The van der Waals surface area contributed by atoms with Gasteiger partial charge in [0.2, 0.25) is 0 Å². The first-order valence-electron chi connectivity index (χ1n) is 8.54. The molecule has 1 aromatic carbocycles. The SMILES string of the molecule is CCC(NCC1(CC(C)C)CCCC1)c1ccccc1F. The molecule has 2 heteroatoms. The van der Waals surface area contributed by atoms with E-state index < -0.39 is 0 Å². The van der Waals surface area contributed by atoms with E-state index in [2.05, 4.69) is 26.1 Å². The van der Waals surface area contributed by atoms with Crippen LogP contribution in [0.4, 0.5) is 4.39 Å². The van der Waals surface area contributed by atoms with E-state index in [1.54, 1.807) is 12.1 Å². The molecular weight excluding hydrogens is 261 g/mol. The van der Waals surface area contributed by atoms with Crippen molar-refractivity contribution in [1.82, 2.24) is 5.32 Å². The van der Waals surface area contributed by atoms with Gasteiger partial charge in [0.1, 0.15) is 5.82 Å². The topological polar surface area (TPSA) is 12.0 Å². The first-order chi connectivity index (χ1) is 10.1. The van der Waals surface area contributed by atoms with Crippen LogP contribution in [0.25, 0.3) is 0 Å². The zero-order valence-electron chi connectivity index (χ0n) is 13.8. The predicted octanol–water partition coefficient (Wildman–Crippen LogP) is 5.47. The summed E-state index contributed by atoms with van der Waals surface area (Å²) < 4.78 is 14.0. The molecule has 0 saturated heterocycles. The van der Waals surface area contributed by atoms with Crippen LogP contribution in [-0.2, 0) is 0 Å². The van der Waals surface area contributed by atoms with E-state index in [-0.39, 0.29) is 11.9 Å². The molecule has 1 nitrogen and oxygen atoms in total. The molecular formula is C19H30FN. The smallest absolute Gasteiger partial charge is 0.127 e. The number of nitrogens with one attached hydrogen (secondary N) is 1. The molecule has 1 atom stereocenters. The second-order valence-electron chi connectivity index (χ2n) is 7.17. The molecule has 21 heavy (non-hydrogen) atoms. The van der Waals surface area contributed by atoms with Crippen molar-refractivity contribution in [1.29, 1.82) is 0 Å². The van der Waals surface area contributed by atoms with Gasteiger partial charge in [-0.3, -0.25) is 0 Å². The van der Waals surface area contributed by atoms with Gasteiger partial charge >= 0.3 is 0 Å². The minimum absolute atomic E-state index is 0.0822. The molecule has 1 N–H and O–H groups in total. The van der Waals surface area contributed by atoms with Crippen LogP contribution in [0.5, 0.6) is 0 Å². The van der Waals surface area contributed by atoms with Gasteiger partial charge in [-0.05, 0) is 43.1 Å². The highest BCUT2D eigenvalue weighted by atomic mass is 19.1. The average Bonchev–Trinajstić information content (AvgIpc) is 2.89. The summed E-state index contributed by atoms with van der Waals surface area (Å²) in [5.41, 5.74) is 1.25. The minimum atomic E-state index is -0.0822. The molecule has 1 aliphatic carbocycles. The van der Waals surface area contributed by atoms with Crippen molar-refractivity contribution in [2.24, 2.45) is 11.3 Å². The summed E-state index contributed by atoms with van der Waals surface area (Å²) in [7, 11) is 0. The van der Waals surface area contributed by atoms with Gasteiger partial charge in [0, 0.05) is 18.2 Å². The summed E-state index contributed by atoms with van der Waals surface area (Å²) in [5.74, 6) is 0.652. The number of halogens is 1. The third-order valence-corrected chi connectivity index (χ3v) is 4.92. The van der Waals surface area contributed by atoms with Crippen LogP contribution in [-0.4, -0.2) is 6.54 Å². The summed E-state index contributed by atoms with van der Waals surface area (Å²) in [6.45, 7) is 7.79. The zero-order valence-corrected chi connectivity index (χ0v) is 13.8. The maximum absolute atomic E-state index is 14.0. The third kappa shape index (κ3) is 4.29. The molecule has 118 valence electrons. The van der Waals surface area contributed by atoms with Crippen molar-refractivity contribution in [2.45, 2.75) is 65.3 Å². The molecule has 1 saturated carbocycles. The van der Waals surface area contributed by atoms with Gasteiger partial charge in [-0.2, -0.15) is 0 Å². The average molecular weight is 291 g/mol. The monoisotopic (exact) mass is 291 g/mol. The fraction of sp³-hybridized carbons (Fsp3) is 0.684. The highest BCUT2D eigenvalue weighted by molar-refractivity contribution is 5.21. The third-order valence-electron chi connectivity index (χ3n) is 4.92. The molecule has 0 spiro atoms. The van der Waals surface area contributed by atoms with Crippen LogP contribution in [0.3, 0.4) is 0 Å². The van der Waals surface area contributed by atoms with Gasteiger partial charge in [0.15, 0.2) is 0 Å². The van der Waals surface area contributed by atoms with Gasteiger partial charge in [-0.15, -0.1) is 0 Å². The second kappa shape index (κ2) is 7.40. The predicted molar refractivity (Wildman–Crippen MR) is 87.8 cm³/mol. The Labute approximate surface area is 129 Å². The molecule has 0 heterocycles. The molecule has 0 bridgehead atoms. The van der Waals surface area contributed by atoms with Gasteiger partial charge in [-0.1, -0.05) is 51.8 Å². The van der Waals surface area contributed by atoms with Crippen molar-refractivity contribution in [3.05, 3.63) is 35.6 Å². The Bertz CT molecular complexity index is 435. The molecule has 0 aliphatic heterocycles. The minimum Gasteiger partial charge on any atom is -0.309 e. The van der Waals surface area contributed by atoms with E-state index in [0.29, 0.717) is 5.41 Å². The Morgan fingerprint density at radius 2 is 1.86 bits per heavy atom. The molecule has 1 unspecified atom stereocenters. The lowest BCUT2D eigenvalue weighted by molar-refractivity contribution is 0.213. The van der Waals surface area contributed by atoms with E-state index in [4.69, 9.17) is 0 Å². The lowest BCUT2D eigenvalue weighted by Crippen LogP contribution is -2.35. The standard InChI is InChI=1S/C19H30FN/c1-4-18(16-9-5-6-10-17(16)20)21-14-19(13-15(2)3)11-7-8-12-19/h5-6,9-10,15,18,21H,4,7-8,11-14H2,1-3H3. The van der Waals surface area contributed by atoms with Crippen molar-refractivity contribution in [2.75, 3.05) is 6.54 Å². The van der Waals surface area contributed by atoms with Gasteiger partial charge in [0.05, 0.1) is 0 Å². The van der Waals surface area contributed by atoms with Crippen molar-refractivity contribution >= 4 is 0 Å². The summed E-state index contributed by atoms with van der Waals surface area (Å²) in [6, 6.07) is 7.32. The zero-order chi connectivity index (χ0) is 15.3. The molecule has 2 rings (SSSR count). The van der Waals surface area contributed by atoms with E-state index in [1.165, 1.54) is 32.1 Å². The van der Waals surface area contributed by atoms with Crippen molar-refractivity contribution < 1.29 is 4.39 Å². The van der Waals surface area contributed by atoms with Crippen LogP contribution in [0, 0.1) is 17.2 Å². The summed E-state index contributed by atoms with van der Waals surface area (Å²) in [4.78, 5) is 0. The molecule has 1 aliphatic rings. The van der Waals surface area contributed by atoms with E-state index in [0.717, 1.165) is 24.4 Å². The van der Waals surface area contributed by atoms with Crippen molar-refractivity contribution in [3.63, 3.8) is 0 Å². The van der Waals surface area contributed by atoms with E-state index >= 15 is 0 Å². The van der Waals surface area contributed by atoms with Crippen LogP contribution in [0.15, 0.2) is 24.3 Å². The molecule has 1 aromatic rings. The Morgan fingerprint density at radius 1 is 1.19 bits per heavy atom. The fourth-order valence-corrected chi connectivity index (χ4v) is 4.02. The van der Waals surface area contributed by atoms with E-state index in [1.807, 2.05) is 12.1 Å². The highest BCUT2D eigenvalue weighted by Crippen LogP contribution is 2.43. The van der Waals surface area contributed by atoms with Crippen LogP contribution in [0.2, 0.25) is 0 Å². The molecule has 0 aromatic heterocycles. The summed E-state index contributed by atoms with van der Waals surface area (Å²) >= 11 is 0. The van der Waals surface area contributed by atoms with Gasteiger partial charge in [0.25, 0.3) is 0 Å². The Kier molecular flexibility index (Phi) is 5.80. The highest BCUT2D eigenvalue weighted by Gasteiger charge is 2.34. The first kappa shape index (κ1) is 16.5. The van der Waals surface area contributed by atoms with Crippen molar-refractivity contribution in [3.8, 4) is 0 Å². The van der Waals surface area contributed by atoms with Gasteiger partial charge < -0.3 is 5.32 Å². The quantitative estimate of drug-likeness (QED) is 0.702. The molecule has 0 amide bonds. The lowest BCUT2D eigenvalue weighted by Gasteiger charge is -2.33. The Hall–Kier alpha value is -0.890. The summed E-state index contributed by atoms with van der Waals surface area (Å²) in [6.07, 6.45) is 7.57. The molecule has 0 radical (unpaired) electrons. The number of hydrogen-bond acceptors (Lipinski definition) is 1. The normalized spacial score (nSPS) is 19.1. The van der Waals surface area contributed by atoms with Crippen LogP contribution in [0.1, 0.15) is 70.9 Å². The Balaban J connectivity index is 2.03. The van der Waals surface area contributed by atoms with Crippen LogP contribution < -0.4 is 5.32 Å². The van der Waals surface area contributed by atoms with E-state index in [9.17, 15) is 4.39 Å². The van der Waals surface area contributed by atoms with Gasteiger partial charge in [-0.25, -0.2) is 4.39 Å². The number of rotatable bonds is 7. The number of benzene rings is 1. The summed E-state index contributed by atoms with van der Waals surface area (Å²) in [5, 5.41) is 3.67. The van der Waals surface area contributed by atoms with Crippen LogP contribution >= 0.6 is 0 Å². The maximum Gasteiger partial charge on any atom is 0.127 e. The largest absolute Gasteiger partial charge is 0.309 e. The first-order valence-corrected chi connectivity index (χ1v) is 8.54. The lowest BCUT2D eigenvalue weighted by atomic mass is 9.78. The fourth-order valence-electron chi connectivity index (χ4n) is 4.02. The second-order valence-corrected chi connectivity index (χ2v) is 7.17. The Morgan fingerprint density at radius 3 is 2.43 bits per heavy atom. The maximum atomic E-state index is 14.0. The number of hydrogen-bond donors (Lipinski definition) is 1. The molecule has 1 fully saturated rings.